The second-order valence-electron chi connectivity index (χ2n) is 8.38. The molecule has 0 aliphatic carbocycles. The molecule has 2 aliphatic heterocycles. The van der Waals surface area contributed by atoms with Crippen LogP contribution < -0.4 is 10.2 Å². The molecule has 2 aromatic rings. The van der Waals surface area contributed by atoms with Gasteiger partial charge in [0.2, 0.25) is 12.2 Å². The molecule has 5 atom stereocenters. The SMILES string of the molecule is CC(=O)N[C@@H]1[C@H](O/N=C2\C(=O)N(Cc3ccccc3)c3ccc(C)cc32)O[C@@H](CO)[C@@H](O)[C@H]1O. The smallest absolute Gasteiger partial charge is 0.281 e. The Kier molecular flexibility index (Phi) is 6.94. The maximum absolute atomic E-state index is 13.3. The van der Waals surface area contributed by atoms with E-state index >= 15 is 0 Å². The molecule has 1 saturated heterocycles. The molecule has 4 N–H and O–H groups in total. The van der Waals surface area contributed by atoms with E-state index < -0.39 is 43.2 Å². The number of amides is 2. The van der Waals surface area contributed by atoms with Crippen LogP contribution >= 0.6 is 0 Å². The van der Waals surface area contributed by atoms with E-state index in [-0.39, 0.29) is 11.6 Å². The van der Waals surface area contributed by atoms with Gasteiger partial charge in [-0.15, -0.1) is 0 Å². The molecule has 2 heterocycles. The third-order valence-corrected chi connectivity index (χ3v) is 5.83. The zero-order valence-corrected chi connectivity index (χ0v) is 18.8. The fourth-order valence-electron chi connectivity index (χ4n) is 4.10. The first-order valence-electron chi connectivity index (χ1n) is 10.9. The summed E-state index contributed by atoms with van der Waals surface area (Å²) in [5.74, 6) is -0.869. The number of nitrogens with one attached hydrogen (secondary N) is 1. The lowest BCUT2D eigenvalue weighted by Crippen LogP contribution is -2.64. The summed E-state index contributed by atoms with van der Waals surface area (Å²) in [6.45, 7) is 2.87. The molecule has 2 aromatic carbocycles. The summed E-state index contributed by atoms with van der Waals surface area (Å²) in [4.78, 5) is 32.1. The molecule has 0 saturated carbocycles. The molecule has 34 heavy (non-hydrogen) atoms. The number of aliphatic hydroxyl groups is 3. The van der Waals surface area contributed by atoms with Gasteiger partial charge in [0.25, 0.3) is 5.91 Å². The van der Waals surface area contributed by atoms with Gasteiger partial charge >= 0.3 is 0 Å². The predicted molar refractivity (Wildman–Crippen MR) is 122 cm³/mol. The first-order chi connectivity index (χ1) is 16.3. The number of benzene rings is 2. The Labute approximate surface area is 196 Å². The van der Waals surface area contributed by atoms with Crippen molar-refractivity contribution in [2.45, 2.75) is 51.0 Å². The normalized spacial score (nSPS) is 27.6. The first-order valence-corrected chi connectivity index (χ1v) is 10.9. The quantitative estimate of drug-likeness (QED) is 0.443. The number of hydrogen-bond donors (Lipinski definition) is 4. The Morgan fingerprint density at radius 2 is 1.91 bits per heavy atom. The minimum atomic E-state index is -1.48. The topological polar surface area (TPSA) is 141 Å². The molecule has 2 amide bonds. The van der Waals surface area contributed by atoms with Gasteiger partial charge in [0, 0.05) is 12.5 Å². The molecule has 0 unspecified atom stereocenters. The van der Waals surface area contributed by atoms with Crippen molar-refractivity contribution in [1.82, 2.24) is 5.32 Å². The molecular weight excluding hydrogens is 442 g/mol. The van der Waals surface area contributed by atoms with Gasteiger partial charge in [-0.1, -0.05) is 47.1 Å². The second kappa shape index (κ2) is 9.90. The summed E-state index contributed by atoms with van der Waals surface area (Å²) in [5, 5.41) is 36.6. The molecule has 180 valence electrons. The van der Waals surface area contributed by atoms with Crippen LogP contribution in [0.4, 0.5) is 5.69 Å². The minimum Gasteiger partial charge on any atom is -0.394 e. The summed E-state index contributed by atoms with van der Waals surface area (Å²) in [6, 6.07) is 13.9. The lowest BCUT2D eigenvalue weighted by atomic mass is 9.97. The van der Waals surface area contributed by atoms with Crippen molar-refractivity contribution in [3.8, 4) is 0 Å². The summed E-state index contributed by atoms with van der Waals surface area (Å²) in [6.07, 6.45) is -5.44. The monoisotopic (exact) mass is 469 g/mol. The van der Waals surface area contributed by atoms with Gasteiger partial charge in [-0.05, 0) is 24.6 Å². The Bertz CT molecular complexity index is 1090. The van der Waals surface area contributed by atoms with Crippen LogP contribution in [0.1, 0.15) is 23.6 Å². The Hall–Kier alpha value is -3.31. The molecule has 0 bridgehead atoms. The highest BCUT2D eigenvalue weighted by atomic mass is 16.8. The maximum atomic E-state index is 13.3. The van der Waals surface area contributed by atoms with E-state index in [1.165, 1.54) is 6.92 Å². The standard InChI is InChI=1S/C24H27N3O7/c1-13-8-9-17-16(10-13)19(23(32)27(17)11-15-6-4-3-5-7-15)26-34-24-20(25-14(2)29)22(31)21(30)18(12-28)33-24/h3-10,18,20-22,24,28,30-31H,11-12H2,1-2H3,(H,25,29)/b26-19-/t18-,20-,21+,22-,24-/m0/s1. The van der Waals surface area contributed by atoms with Crippen LogP contribution in [0, 0.1) is 6.92 Å². The van der Waals surface area contributed by atoms with Crippen LogP contribution in [0.3, 0.4) is 0 Å². The number of rotatable bonds is 6. The van der Waals surface area contributed by atoms with E-state index in [9.17, 15) is 24.9 Å². The molecule has 0 aromatic heterocycles. The number of hydrogen-bond acceptors (Lipinski definition) is 8. The molecule has 10 heteroatoms. The number of fused-ring (bicyclic) bond motifs is 1. The fourth-order valence-corrected chi connectivity index (χ4v) is 4.10. The highest BCUT2D eigenvalue weighted by Gasteiger charge is 2.46. The number of carbonyl (C=O) groups is 2. The van der Waals surface area contributed by atoms with Crippen LogP contribution in [0.25, 0.3) is 0 Å². The zero-order chi connectivity index (χ0) is 24.4. The molecule has 4 rings (SSSR count). The molecule has 0 spiro atoms. The number of carbonyl (C=O) groups excluding carboxylic acids is 2. The number of aryl methyl sites for hydroxylation is 1. The van der Waals surface area contributed by atoms with Crippen molar-refractivity contribution in [2.24, 2.45) is 5.16 Å². The number of nitrogens with zero attached hydrogens (tertiary/aromatic N) is 2. The lowest BCUT2D eigenvalue weighted by Gasteiger charge is -2.40. The van der Waals surface area contributed by atoms with Gasteiger partial charge in [-0.25, -0.2) is 0 Å². The minimum absolute atomic E-state index is 0.0426. The Morgan fingerprint density at radius 1 is 1.18 bits per heavy atom. The Morgan fingerprint density at radius 3 is 2.59 bits per heavy atom. The van der Waals surface area contributed by atoms with E-state index in [0.29, 0.717) is 17.8 Å². The van der Waals surface area contributed by atoms with Gasteiger partial charge in [-0.3, -0.25) is 9.59 Å². The van der Waals surface area contributed by atoms with Crippen LogP contribution in [0.5, 0.6) is 0 Å². The summed E-state index contributed by atoms with van der Waals surface area (Å²) in [7, 11) is 0. The van der Waals surface area contributed by atoms with Crippen molar-refractivity contribution in [3.05, 3.63) is 65.2 Å². The molecular formula is C24H27N3O7. The van der Waals surface area contributed by atoms with Crippen LogP contribution in [-0.4, -0.2) is 70.1 Å². The largest absolute Gasteiger partial charge is 0.394 e. The van der Waals surface area contributed by atoms with E-state index in [0.717, 1.165) is 11.1 Å². The van der Waals surface area contributed by atoms with Gasteiger partial charge in [0.1, 0.15) is 24.4 Å². The lowest BCUT2D eigenvalue weighted by molar-refractivity contribution is -0.270. The summed E-state index contributed by atoms with van der Waals surface area (Å²) < 4.78 is 5.53. The highest BCUT2D eigenvalue weighted by molar-refractivity contribution is 6.54. The van der Waals surface area contributed by atoms with Gasteiger partial charge in [-0.2, -0.15) is 0 Å². The number of aliphatic hydroxyl groups excluding tert-OH is 3. The number of anilines is 1. The third kappa shape index (κ3) is 4.66. The average Bonchev–Trinajstić information content (AvgIpc) is 3.07. The van der Waals surface area contributed by atoms with Crippen molar-refractivity contribution < 1.29 is 34.5 Å². The number of ether oxygens (including phenoxy) is 1. The maximum Gasteiger partial charge on any atom is 0.281 e. The fraction of sp³-hybridized carbons (Fsp3) is 0.375. The summed E-state index contributed by atoms with van der Waals surface area (Å²) in [5.41, 5.74) is 3.15. The molecule has 0 radical (unpaired) electrons. The molecule has 10 nitrogen and oxygen atoms in total. The van der Waals surface area contributed by atoms with Gasteiger partial charge in [0.15, 0.2) is 5.71 Å². The second-order valence-corrected chi connectivity index (χ2v) is 8.38. The van der Waals surface area contributed by atoms with Crippen molar-refractivity contribution >= 4 is 23.2 Å². The van der Waals surface area contributed by atoms with Gasteiger partial charge in [0.05, 0.1) is 18.8 Å². The molecule has 1 fully saturated rings. The predicted octanol–water partition coefficient (Wildman–Crippen LogP) is 0.206. The van der Waals surface area contributed by atoms with Crippen LogP contribution in [0.2, 0.25) is 0 Å². The number of oxime groups is 1. The van der Waals surface area contributed by atoms with E-state index in [1.54, 1.807) is 4.90 Å². The van der Waals surface area contributed by atoms with E-state index in [1.807, 2.05) is 55.5 Å². The van der Waals surface area contributed by atoms with Crippen molar-refractivity contribution in [1.29, 1.82) is 0 Å². The first kappa shape index (κ1) is 23.8. The van der Waals surface area contributed by atoms with Crippen molar-refractivity contribution in [2.75, 3.05) is 11.5 Å². The van der Waals surface area contributed by atoms with Crippen LogP contribution in [-0.2, 0) is 25.7 Å². The third-order valence-electron chi connectivity index (χ3n) is 5.83. The average molecular weight is 469 g/mol. The highest BCUT2D eigenvalue weighted by Crippen LogP contribution is 2.32. The van der Waals surface area contributed by atoms with Crippen LogP contribution in [0.15, 0.2) is 53.7 Å². The van der Waals surface area contributed by atoms with E-state index in [4.69, 9.17) is 9.57 Å². The van der Waals surface area contributed by atoms with Crippen molar-refractivity contribution in [3.63, 3.8) is 0 Å². The van der Waals surface area contributed by atoms with E-state index in [2.05, 4.69) is 10.5 Å². The summed E-state index contributed by atoms with van der Waals surface area (Å²) >= 11 is 0. The zero-order valence-electron chi connectivity index (χ0n) is 18.8. The molecule has 2 aliphatic rings. The Balaban J connectivity index is 1.64. The van der Waals surface area contributed by atoms with Gasteiger partial charge < -0.3 is 35.1 Å².